The highest BCUT2D eigenvalue weighted by Crippen LogP contribution is 2.36. The van der Waals surface area contributed by atoms with Crippen molar-refractivity contribution in [2.75, 3.05) is 0 Å². The maximum Gasteiger partial charge on any atom is 0.126 e. The second-order valence-corrected chi connectivity index (χ2v) is 6.79. The van der Waals surface area contributed by atoms with Gasteiger partial charge in [-0.1, -0.05) is 25.4 Å². The Morgan fingerprint density at radius 2 is 2.00 bits per heavy atom. The van der Waals surface area contributed by atoms with Gasteiger partial charge in [0.15, 0.2) is 0 Å². The second kappa shape index (κ2) is 5.80. The van der Waals surface area contributed by atoms with Crippen LogP contribution in [0.1, 0.15) is 45.1 Å². The molecule has 1 saturated carbocycles. The van der Waals surface area contributed by atoms with Crippen LogP contribution in [0.5, 0.6) is 0 Å². The van der Waals surface area contributed by atoms with Gasteiger partial charge in [-0.15, -0.1) is 0 Å². The number of benzene rings is 1. The maximum absolute atomic E-state index is 13.8. The minimum absolute atomic E-state index is 0.194. The molecule has 0 spiro atoms. The summed E-state index contributed by atoms with van der Waals surface area (Å²) < 4.78 is 13.8. The molecule has 0 radical (unpaired) electrons. The molecule has 0 amide bonds. The van der Waals surface area contributed by atoms with Gasteiger partial charge in [0.05, 0.1) is 0 Å². The first-order valence-electron chi connectivity index (χ1n) is 7.12. The SMILES string of the molecule is CC(C)C1CCC(N)(Cc2cc(Cl)ccc2F)CC1. The van der Waals surface area contributed by atoms with Crippen molar-refractivity contribution in [2.45, 2.75) is 51.5 Å². The van der Waals surface area contributed by atoms with Crippen molar-refractivity contribution in [3.05, 3.63) is 34.6 Å². The van der Waals surface area contributed by atoms with E-state index in [9.17, 15) is 4.39 Å². The molecular weight excluding hydrogens is 261 g/mol. The minimum Gasteiger partial charge on any atom is -0.325 e. The Bertz CT molecular complexity index is 436. The van der Waals surface area contributed by atoms with E-state index in [1.165, 1.54) is 6.07 Å². The smallest absolute Gasteiger partial charge is 0.126 e. The van der Waals surface area contributed by atoms with Gasteiger partial charge in [-0.05, 0) is 67.7 Å². The Morgan fingerprint density at radius 3 is 2.58 bits per heavy atom. The molecule has 0 saturated heterocycles. The van der Waals surface area contributed by atoms with E-state index in [4.69, 9.17) is 17.3 Å². The molecule has 0 atom stereocenters. The first-order valence-corrected chi connectivity index (χ1v) is 7.50. The highest BCUT2D eigenvalue weighted by atomic mass is 35.5. The Hall–Kier alpha value is -0.600. The van der Waals surface area contributed by atoms with Gasteiger partial charge >= 0.3 is 0 Å². The molecule has 0 unspecified atom stereocenters. The number of hydrogen-bond acceptors (Lipinski definition) is 1. The largest absolute Gasteiger partial charge is 0.325 e. The van der Waals surface area contributed by atoms with Crippen LogP contribution in [0.3, 0.4) is 0 Å². The Labute approximate surface area is 120 Å². The molecule has 1 aromatic carbocycles. The molecule has 1 aliphatic rings. The fourth-order valence-electron chi connectivity index (χ4n) is 3.12. The molecule has 2 N–H and O–H groups in total. The second-order valence-electron chi connectivity index (χ2n) is 6.36. The van der Waals surface area contributed by atoms with Gasteiger partial charge < -0.3 is 5.73 Å². The molecule has 3 heteroatoms. The molecule has 1 nitrogen and oxygen atoms in total. The number of halogens is 2. The summed E-state index contributed by atoms with van der Waals surface area (Å²) in [5.74, 6) is 1.29. The molecule has 19 heavy (non-hydrogen) atoms. The number of nitrogens with two attached hydrogens (primary N) is 1. The summed E-state index contributed by atoms with van der Waals surface area (Å²) in [5, 5.41) is 0.580. The fourth-order valence-corrected chi connectivity index (χ4v) is 3.31. The van der Waals surface area contributed by atoms with Crippen molar-refractivity contribution in [3.8, 4) is 0 Å². The fraction of sp³-hybridized carbons (Fsp3) is 0.625. The first-order chi connectivity index (χ1) is 8.89. The van der Waals surface area contributed by atoms with Crippen molar-refractivity contribution in [1.82, 2.24) is 0 Å². The minimum atomic E-state index is -0.267. The monoisotopic (exact) mass is 283 g/mol. The summed E-state index contributed by atoms with van der Waals surface area (Å²) in [6, 6.07) is 4.72. The summed E-state index contributed by atoms with van der Waals surface area (Å²) in [4.78, 5) is 0. The molecule has 2 rings (SSSR count). The van der Waals surface area contributed by atoms with Crippen LogP contribution in [0.4, 0.5) is 4.39 Å². The van der Waals surface area contributed by atoms with Gasteiger partial charge in [0, 0.05) is 10.6 Å². The van der Waals surface area contributed by atoms with Crippen molar-refractivity contribution < 1.29 is 4.39 Å². The van der Waals surface area contributed by atoms with E-state index >= 15 is 0 Å². The molecule has 0 bridgehead atoms. The van der Waals surface area contributed by atoms with E-state index in [1.54, 1.807) is 12.1 Å². The van der Waals surface area contributed by atoms with Crippen molar-refractivity contribution in [3.63, 3.8) is 0 Å². The molecule has 0 aromatic heterocycles. The molecule has 1 aromatic rings. The quantitative estimate of drug-likeness (QED) is 0.864. The first kappa shape index (κ1) is 14.8. The summed E-state index contributed by atoms with van der Waals surface area (Å²) in [5.41, 5.74) is 6.85. The lowest BCUT2D eigenvalue weighted by atomic mass is 9.71. The average Bonchev–Trinajstić information content (AvgIpc) is 2.34. The third-order valence-corrected chi connectivity index (χ3v) is 4.75. The van der Waals surface area contributed by atoms with Crippen molar-refractivity contribution in [1.29, 1.82) is 0 Å². The van der Waals surface area contributed by atoms with E-state index in [-0.39, 0.29) is 11.4 Å². The number of hydrogen-bond donors (Lipinski definition) is 1. The molecule has 106 valence electrons. The van der Waals surface area contributed by atoms with Gasteiger partial charge in [0.1, 0.15) is 5.82 Å². The van der Waals surface area contributed by atoms with Gasteiger partial charge in [-0.3, -0.25) is 0 Å². The van der Waals surface area contributed by atoms with Gasteiger partial charge in [-0.2, -0.15) is 0 Å². The van der Waals surface area contributed by atoms with Crippen LogP contribution >= 0.6 is 11.6 Å². The van der Waals surface area contributed by atoms with Crippen molar-refractivity contribution in [2.24, 2.45) is 17.6 Å². The van der Waals surface area contributed by atoms with E-state index < -0.39 is 0 Å². The van der Waals surface area contributed by atoms with E-state index in [0.29, 0.717) is 22.9 Å². The van der Waals surface area contributed by atoms with Crippen LogP contribution in [0.15, 0.2) is 18.2 Å². The van der Waals surface area contributed by atoms with Gasteiger partial charge in [0.25, 0.3) is 0 Å². The maximum atomic E-state index is 13.8. The molecule has 1 fully saturated rings. The molecule has 0 heterocycles. The summed E-state index contributed by atoms with van der Waals surface area (Å²) >= 11 is 5.94. The lowest BCUT2D eigenvalue weighted by Crippen LogP contribution is -2.46. The highest BCUT2D eigenvalue weighted by Gasteiger charge is 2.33. The Balaban J connectivity index is 2.05. The predicted molar refractivity (Wildman–Crippen MR) is 78.8 cm³/mol. The third-order valence-electron chi connectivity index (χ3n) is 4.52. The van der Waals surface area contributed by atoms with Gasteiger partial charge in [0.2, 0.25) is 0 Å². The molecule has 0 aliphatic heterocycles. The zero-order valence-electron chi connectivity index (χ0n) is 11.8. The van der Waals surface area contributed by atoms with E-state index in [0.717, 1.165) is 31.6 Å². The summed E-state index contributed by atoms with van der Waals surface area (Å²) in [7, 11) is 0. The van der Waals surface area contributed by atoms with Crippen LogP contribution in [0.25, 0.3) is 0 Å². The van der Waals surface area contributed by atoms with Crippen LogP contribution in [-0.2, 0) is 6.42 Å². The van der Waals surface area contributed by atoms with Crippen LogP contribution < -0.4 is 5.73 Å². The lowest BCUT2D eigenvalue weighted by molar-refractivity contribution is 0.193. The van der Waals surface area contributed by atoms with E-state index in [1.807, 2.05) is 0 Å². The lowest BCUT2D eigenvalue weighted by Gasteiger charge is -2.39. The molecule has 1 aliphatic carbocycles. The van der Waals surface area contributed by atoms with Gasteiger partial charge in [-0.25, -0.2) is 4.39 Å². The average molecular weight is 284 g/mol. The Kier molecular flexibility index (Phi) is 4.52. The Morgan fingerprint density at radius 1 is 1.37 bits per heavy atom. The summed E-state index contributed by atoms with van der Waals surface area (Å²) in [6.07, 6.45) is 4.83. The van der Waals surface area contributed by atoms with Crippen LogP contribution in [0, 0.1) is 17.7 Å². The normalized spacial score (nSPS) is 27.8. The predicted octanol–water partition coefficient (Wildman–Crippen LogP) is 4.57. The summed E-state index contributed by atoms with van der Waals surface area (Å²) in [6.45, 7) is 4.54. The zero-order valence-corrected chi connectivity index (χ0v) is 12.5. The van der Waals surface area contributed by atoms with Crippen molar-refractivity contribution >= 4 is 11.6 Å². The standard InChI is InChI=1S/C16H23ClFN/c1-11(2)12-5-7-16(19,8-6-12)10-13-9-14(17)3-4-15(13)18/h3-4,9,11-12H,5-8,10,19H2,1-2H3. The third kappa shape index (κ3) is 3.70. The van der Waals surface area contributed by atoms with E-state index in [2.05, 4.69) is 13.8 Å². The topological polar surface area (TPSA) is 26.0 Å². The van der Waals surface area contributed by atoms with Crippen LogP contribution in [0.2, 0.25) is 5.02 Å². The number of rotatable bonds is 3. The highest BCUT2D eigenvalue weighted by molar-refractivity contribution is 6.30. The van der Waals surface area contributed by atoms with Crippen LogP contribution in [-0.4, -0.2) is 5.54 Å². The molecular formula is C16H23ClFN. The zero-order chi connectivity index (χ0) is 14.0.